The molecule has 0 amide bonds. The summed E-state index contributed by atoms with van der Waals surface area (Å²) in [6.45, 7) is 8.18. The highest BCUT2D eigenvalue weighted by atomic mass is 35.7. The maximum Gasteiger partial charge on any atom is 0.231 e. The monoisotopic (exact) mass is 402 g/mol. The van der Waals surface area contributed by atoms with E-state index < -0.39 is 31.2 Å². The van der Waals surface area contributed by atoms with Crippen molar-refractivity contribution < 1.29 is 37.8 Å². The second-order valence-electron chi connectivity index (χ2n) is 6.57. The average molecular weight is 403 g/mol. The third-order valence-corrected chi connectivity index (χ3v) is 6.62. The minimum atomic E-state index is -4.46. The lowest BCUT2D eigenvalue weighted by atomic mass is 9.74. The van der Waals surface area contributed by atoms with Crippen molar-refractivity contribution in [3.05, 3.63) is 0 Å². The van der Waals surface area contributed by atoms with Crippen LogP contribution in [0, 0.1) is 15.7 Å². The fourth-order valence-corrected chi connectivity index (χ4v) is 4.68. The Bertz CT molecular complexity index is 305. The molecule has 0 aromatic carbocycles. The van der Waals surface area contributed by atoms with E-state index in [0.29, 0.717) is 0 Å². The first-order chi connectivity index (χ1) is 11.7. The Morgan fingerprint density at radius 3 is 1.68 bits per heavy atom. The molecule has 3 unspecified atom stereocenters. The Hall–Kier alpha value is 0.480. The molecule has 25 heavy (non-hydrogen) atoms. The van der Waals surface area contributed by atoms with Gasteiger partial charge in [0.15, 0.2) is 6.29 Å². The molecule has 0 bridgehead atoms. The fraction of sp³-hybridized carbons (Fsp3) is 1.00. The minimum absolute atomic E-state index is 0.201. The van der Waals surface area contributed by atoms with Gasteiger partial charge in [0.05, 0.1) is 14.3 Å². The lowest BCUT2D eigenvalue weighted by Crippen LogP contribution is -2.60. The quantitative estimate of drug-likeness (QED) is 0.290. The van der Waals surface area contributed by atoms with Crippen molar-refractivity contribution in [2.24, 2.45) is 5.41 Å². The second-order valence-corrected chi connectivity index (χ2v) is 8.70. The van der Waals surface area contributed by atoms with Crippen LogP contribution in [0.3, 0.4) is 0 Å². The van der Waals surface area contributed by atoms with Gasteiger partial charge in [-0.3, -0.25) is 0 Å². The van der Waals surface area contributed by atoms with Gasteiger partial charge in [0.2, 0.25) is 8.81 Å². The molecule has 0 aromatic heterocycles. The molecule has 0 aliphatic rings. The minimum Gasteiger partial charge on any atom is -0.356 e. The number of hydrogen-bond acceptors (Lipinski definition) is 6. The molecule has 0 saturated carbocycles. The van der Waals surface area contributed by atoms with Gasteiger partial charge < -0.3 is 9.47 Å². The molecule has 0 aliphatic heterocycles. The van der Waals surface area contributed by atoms with Gasteiger partial charge >= 0.3 is 0 Å². The number of rotatable bonds is 16. The summed E-state index contributed by atoms with van der Waals surface area (Å²) in [5, 5.41) is 0. The first kappa shape index (κ1) is 25.5. The average Bonchev–Trinajstić information content (AvgIpc) is 2.57. The van der Waals surface area contributed by atoms with Crippen molar-refractivity contribution in [2.45, 2.75) is 97.6 Å². The van der Waals surface area contributed by atoms with E-state index in [1.807, 2.05) is 0 Å². The van der Waals surface area contributed by atoms with Gasteiger partial charge in [0.1, 0.15) is 5.85 Å². The van der Waals surface area contributed by atoms with Crippen molar-refractivity contribution in [3.8, 4) is 0 Å². The number of hydrogen-bond donors (Lipinski definition) is 0. The molecule has 0 aromatic rings. The van der Waals surface area contributed by atoms with Gasteiger partial charge in [-0.2, -0.15) is 14.0 Å². The molecule has 152 valence electrons. The zero-order chi connectivity index (χ0) is 19.3. The summed E-state index contributed by atoms with van der Waals surface area (Å²) in [5.41, 5.74) is -0.201. The standard InChI is InChI=1S/C17H36ClO6P/c1-6-9-12-17(13-10-7-2,14-11-8-3)16(23-15(4)22-5)25-24-18(19,20)21/h15-16,25H,6-14H2,1-5H3. The van der Waals surface area contributed by atoms with E-state index in [4.69, 9.17) is 9.47 Å². The Morgan fingerprint density at radius 1 is 0.920 bits per heavy atom. The third kappa shape index (κ3) is 11.0. The SMILES string of the molecule is CCCCC(CCCC)(CCCC)C(OC(C)OC)PO[Cl+3]([O-])([O-])[O-]. The van der Waals surface area contributed by atoms with Crippen LogP contribution in [-0.4, -0.2) is 19.2 Å². The van der Waals surface area contributed by atoms with Crippen LogP contribution in [0.4, 0.5) is 0 Å². The zero-order valence-corrected chi connectivity index (χ0v) is 18.1. The van der Waals surface area contributed by atoms with Gasteiger partial charge in [-0.05, 0) is 26.2 Å². The van der Waals surface area contributed by atoms with E-state index in [1.165, 1.54) is 0 Å². The normalized spacial score (nSPS) is 15.8. The molecule has 3 atom stereocenters. The summed E-state index contributed by atoms with van der Waals surface area (Å²) in [6, 6.07) is 0. The first-order valence-electron chi connectivity index (χ1n) is 9.27. The van der Waals surface area contributed by atoms with Crippen molar-refractivity contribution in [1.82, 2.24) is 0 Å². The topological polar surface area (TPSA) is 96.9 Å². The lowest BCUT2D eigenvalue weighted by molar-refractivity contribution is -1.91. The second kappa shape index (κ2) is 13.6. The van der Waals surface area contributed by atoms with Crippen molar-refractivity contribution >= 4 is 8.81 Å². The Kier molecular flexibility index (Phi) is 13.9. The van der Waals surface area contributed by atoms with E-state index in [9.17, 15) is 14.0 Å². The summed E-state index contributed by atoms with van der Waals surface area (Å²) < 4.78 is 48.8. The Labute approximate surface area is 157 Å². The summed E-state index contributed by atoms with van der Waals surface area (Å²) in [4.78, 5) is 0. The maximum absolute atomic E-state index is 11.0. The van der Waals surface area contributed by atoms with Gasteiger partial charge in [-0.15, -0.1) is 0 Å². The predicted molar refractivity (Wildman–Crippen MR) is 91.8 cm³/mol. The highest BCUT2D eigenvalue weighted by Gasteiger charge is 2.43. The van der Waals surface area contributed by atoms with Gasteiger partial charge in [0, 0.05) is 12.5 Å². The van der Waals surface area contributed by atoms with E-state index in [-0.39, 0.29) is 5.41 Å². The molecule has 0 fully saturated rings. The predicted octanol–water partition coefficient (Wildman–Crippen LogP) is 2.39. The van der Waals surface area contributed by atoms with Crippen molar-refractivity contribution in [3.63, 3.8) is 0 Å². The molecular formula is C17H36ClO6P. The largest absolute Gasteiger partial charge is 0.356 e. The summed E-state index contributed by atoms with van der Waals surface area (Å²) in [6.07, 6.45) is 8.53. The first-order valence-corrected chi connectivity index (χ1v) is 11.5. The summed E-state index contributed by atoms with van der Waals surface area (Å²) in [7, 11) is -3.47. The number of ether oxygens (including phenoxy) is 2. The van der Waals surface area contributed by atoms with Crippen LogP contribution in [0.5, 0.6) is 0 Å². The fourth-order valence-electron chi connectivity index (χ4n) is 2.99. The molecule has 0 N–H and O–H groups in total. The van der Waals surface area contributed by atoms with Crippen LogP contribution in [0.2, 0.25) is 0 Å². The molecule has 0 aliphatic carbocycles. The van der Waals surface area contributed by atoms with Crippen LogP contribution in [0.25, 0.3) is 0 Å². The highest BCUT2D eigenvalue weighted by molar-refractivity contribution is 7.32. The van der Waals surface area contributed by atoms with E-state index in [2.05, 4.69) is 24.8 Å². The molecule has 0 heterocycles. The smallest absolute Gasteiger partial charge is 0.231 e. The van der Waals surface area contributed by atoms with Crippen LogP contribution >= 0.6 is 8.81 Å². The molecule has 0 rings (SSSR count). The van der Waals surface area contributed by atoms with E-state index >= 15 is 0 Å². The molecule has 8 heteroatoms. The molecule has 0 radical (unpaired) electrons. The van der Waals surface area contributed by atoms with E-state index in [0.717, 1.165) is 57.8 Å². The number of unbranched alkanes of at least 4 members (excludes halogenated alkanes) is 3. The van der Waals surface area contributed by atoms with Crippen molar-refractivity contribution in [2.75, 3.05) is 7.11 Å². The lowest BCUT2D eigenvalue weighted by Gasteiger charge is -2.40. The van der Waals surface area contributed by atoms with Gasteiger partial charge in [-0.1, -0.05) is 59.3 Å². The van der Waals surface area contributed by atoms with Crippen LogP contribution in [0.1, 0.15) is 85.5 Å². The summed E-state index contributed by atoms with van der Waals surface area (Å²) in [5.74, 6) is -0.469. The van der Waals surface area contributed by atoms with Crippen LogP contribution in [-0.2, 0) is 13.5 Å². The molecule has 0 spiro atoms. The maximum atomic E-state index is 11.0. The molecular weight excluding hydrogens is 367 g/mol. The zero-order valence-electron chi connectivity index (χ0n) is 16.3. The Morgan fingerprint density at radius 2 is 1.36 bits per heavy atom. The van der Waals surface area contributed by atoms with Crippen molar-refractivity contribution in [1.29, 1.82) is 0 Å². The number of halogens is 1. The van der Waals surface area contributed by atoms with Crippen LogP contribution < -0.4 is 14.0 Å². The van der Waals surface area contributed by atoms with Gasteiger partial charge in [-0.25, -0.2) is 0 Å². The number of methoxy groups -OCH3 is 1. The van der Waals surface area contributed by atoms with Gasteiger partial charge in [0.25, 0.3) is 0 Å². The Balaban J connectivity index is 5.51. The highest BCUT2D eigenvalue weighted by Crippen LogP contribution is 2.49. The third-order valence-electron chi connectivity index (χ3n) is 4.55. The van der Waals surface area contributed by atoms with Crippen LogP contribution in [0.15, 0.2) is 0 Å². The molecule has 0 saturated heterocycles. The van der Waals surface area contributed by atoms with E-state index in [1.54, 1.807) is 14.0 Å². The molecule has 6 nitrogen and oxygen atoms in total. The summed E-state index contributed by atoms with van der Waals surface area (Å²) >= 11 is 0.